The largest absolute Gasteiger partial charge is 0.395 e. The molecule has 4 saturated carbocycles. The highest BCUT2D eigenvalue weighted by Gasteiger charge is 2.54. The van der Waals surface area contributed by atoms with Gasteiger partial charge in [0.05, 0.1) is 12.8 Å². The van der Waals surface area contributed by atoms with E-state index in [1.807, 2.05) is 12.1 Å². The van der Waals surface area contributed by atoms with Crippen LogP contribution in [0.25, 0.3) is 0 Å². The van der Waals surface area contributed by atoms with Crippen LogP contribution in [0.2, 0.25) is 0 Å². The van der Waals surface area contributed by atoms with Crippen LogP contribution < -0.4 is 16.0 Å². The summed E-state index contributed by atoms with van der Waals surface area (Å²) in [6, 6.07) is 11.1. The van der Waals surface area contributed by atoms with Gasteiger partial charge in [-0.05, 0) is 73.3 Å². The van der Waals surface area contributed by atoms with Crippen molar-refractivity contribution in [2.45, 2.75) is 51.6 Å². The molecule has 6 rings (SSSR count). The van der Waals surface area contributed by atoms with Gasteiger partial charge in [-0.15, -0.1) is 0 Å². The standard InChI is InChI=1S/C26H34N6O/c1-17-4-2-3-5-19(17)14-29-25-30-15-22(13-27)24(32-25)31-16-26-10-18-8-20(11-26)23(28-6-7-33)21(9-18)12-26/h2-5,15,18,20-21,23,28,33H,6-12,14,16H2,1H3,(H2,29,30,31,32)/t18?,20-,21+,23?,26?. The van der Waals surface area contributed by atoms with Crippen molar-refractivity contribution in [2.75, 3.05) is 30.3 Å². The zero-order valence-corrected chi connectivity index (χ0v) is 19.3. The lowest BCUT2D eigenvalue weighted by Crippen LogP contribution is -2.60. The molecular formula is C26H34N6O. The number of aryl methyl sites for hydroxylation is 1. The summed E-state index contributed by atoms with van der Waals surface area (Å²) in [5.41, 5.74) is 3.20. The predicted octanol–water partition coefficient (Wildman–Crippen LogP) is 3.46. The van der Waals surface area contributed by atoms with Crippen molar-refractivity contribution in [1.82, 2.24) is 15.3 Å². The fourth-order valence-electron chi connectivity index (χ4n) is 6.91. The van der Waals surface area contributed by atoms with Gasteiger partial charge in [-0.3, -0.25) is 0 Å². The summed E-state index contributed by atoms with van der Waals surface area (Å²) < 4.78 is 0. The fraction of sp³-hybridized carbons (Fsp3) is 0.577. The maximum absolute atomic E-state index is 9.61. The quantitative estimate of drug-likeness (QED) is 0.467. The highest BCUT2D eigenvalue weighted by Crippen LogP contribution is 2.60. The van der Waals surface area contributed by atoms with E-state index in [-0.39, 0.29) is 12.0 Å². The van der Waals surface area contributed by atoms with Crippen molar-refractivity contribution in [1.29, 1.82) is 5.26 Å². The number of hydrogen-bond donors (Lipinski definition) is 4. The Bertz CT molecular complexity index is 1020. The van der Waals surface area contributed by atoms with E-state index in [0.29, 0.717) is 48.3 Å². The van der Waals surface area contributed by atoms with Gasteiger partial charge in [0.2, 0.25) is 5.95 Å². The van der Waals surface area contributed by atoms with Crippen LogP contribution in [0.3, 0.4) is 0 Å². The number of benzene rings is 1. The molecule has 1 heterocycles. The van der Waals surface area contributed by atoms with Crippen molar-refractivity contribution in [3.8, 4) is 6.07 Å². The number of aliphatic hydroxyl groups excluding tert-OH is 1. The predicted molar refractivity (Wildman–Crippen MR) is 129 cm³/mol. The number of nitrogens with zero attached hydrogens (tertiary/aromatic N) is 3. The Morgan fingerprint density at radius 2 is 1.94 bits per heavy atom. The second-order valence-electron chi connectivity index (χ2n) is 10.4. The minimum absolute atomic E-state index is 0.205. The summed E-state index contributed by atoms with van der Waals surface area (Å²) >= 11 is 0. The van der Waals surface area contributed by atoms with Gasteiger partial charge in [0.1, 0.15) is 17.5 Å². The Balaban J connectivity index is 1.26. The SMILES string of the molecule is Cc1ccccc1CNc1ncc(C#N)c(NCC23CC4C[C@H](C2)C(NCCO)[C@@H](C4)C3)n1. The van der Waals surface area contributed by atoms with E-state index in [1.54, 1.807) is 6.20 Å². The Labute approximate surface area is 196 Å². The minimum atomic E-state index is 0.205. The number of nitrogens with one attached hydrogen (secondary N) is 3. The first-order valence-corrected chi connectivity index (χ1v) is 12.2. The first kappa shape index (κ1) is 22.1. The van der Waals surface area contributed by atoms with E-state index in [9.17, 15) is 10.4 Å². The zero-order chi connectivity index (χ0) is 22.8. The van der Waals surface area contributed by atoms with Crippen LogP contribution in [0, 0.1) is 41.4 Å². The third-order valence-corrected chi connectivity index (χ3v) is 8.13. The molecule has 4 fully saturated rings. The molecule has 0 radical (unpaired) electrons. The van der Waals surface area contributed by atoms with Gasteiger partial charge in [0, 0.05) is 25.7 Å². The lowest BCUT2D eigenvalue weighted by molar-refractivity contribution is -0.0698. The molecule has 3 unspecified atom stereocenters. The normalized spacial score (nSPS) is 29.6. The van der Waals surface area contributed by atoms with Gasteiger partial charge >= 0.3 is 0 Å². The average molecular weight is 447 g/mol. The van der Waals surface area contributed by atoms with Gasteiger partial charge in [-0.1, -0.05) is 24.3 Å². The summed E-state index contributed by atoms with van der Waals surface area (Å²) in [5, 5.41) is 29.4. The summed E-state index contributed by atoms with van der Waals surface area (Å²) in [6.45, 7) is 4.50. The highest BCUT2D eigenvalue weighted by molar-refractivity contribution is 5.53. The van der Waals surface area contributed by atoms with E-state index in [1.165, 1.54) is 43.2 Å². The Morgan fingerprint density at radius 1 is 1.15 bits per heavy atom. The van der Waals surface area contributed by atoms with Crippen LogP contribution in [0.15, 0.2) is 30.5 Å². The Morgan fingerprint density at radius 3 is 2.67 bits per heavy atom. The second-order valence-corrected chi connectivity index (χ2v) is 10.4. The lowest BCUT2D eigenvalue weighted by atomic mass is 9.48. The van der Waals surface area contributed by atoms with E-state index < -0.39 is 0 Å². The first-order valence-electron chi connectivity index (χ1n) is 12.2. The summed E-state index contributed by atoms with van der Waals surface area (Å²) in [5.74, 6) is 3.36. The molecule has 1 aromatic heterocycles. The van der Waals surface area contributed by atoms with E-state index >= 15 is 0 Å². The molecule has 2 aromatic rings. The van der Waals surface area contributed by atoms with Crippen LogP contribution in [0.5, 0.6) is 0 Å². The van der Waals surface area contributed by atoms with E-state index in [2.05, 4.69) is 51.0 Å². The maximum Gasteiger partial charge on any atom is 0.224 e. The molecule has 1 aromatic carbocycles. The minimum Gasteiger partial charge on any atom is -0.395 e. The highest BCUT2D eigenvalue weighted by atomic mass is 16.3. The molecule has 4 N–H and O–H groups in total. The van der Waals surface area contributed by atoms with E-state index in [0.717, 1.165) is 12.5 Å². The van der Waals surface area contributed by atoms with Gasteiger partial charge < -0.3 is 21.1 Å². The number of rotatable bonds is 9. The topological polar surface area (TPSA) is 106 Å². The van der Waals surface area contributed by atoms with Gasteiger partial charge in [-0.25, -0.2) is 4.98 Å². The van der Waals surface area contributed by atoms with Crippen LogP contribution in [-0.2, 0) is 6.54 Å². The first-order chi connectivity index (χ1) is 16.1. The molecule has 4 aliphatic carbocycles. The third-order valence-electron chi connectivity index (χ3n) is 8.13. The van der Waals surface area contributed by atoms with Crippen molar-refractivity contribution in [3.63, 3.8) is 0 Å². The molecule has 174 valence electrons. The number of nitriles is 1. The molecule has 5 atom stereocenters. The van der Waals surface area contributed by atoms with Gasteiger partial charge in [0.25, 0.3) is 0 Å². The Hall–Kier alpha value is -2.69. The zero-order valence-electron chi connectivity index (χ0n) is 19.3. The van der Waals surface area contributed by atoms with Crippen molar-refractivity contribution in [2.24, 2.45) is 23.2 Å². The molecule has 4 bridgehead atoms. The molecule has 0 spiro atoms. The molecular weight excluding hydrogens is 412 g/mol. The maximum atomic E-state index is 9.61. The van der Waals surface area contributed by atoms with Gasteiger partial charge in [-0.2, -0.15) is 10.2 Å². The van der Waals surface area contributed by atoms with E-state index in [4.69, 9.17) is 0 Å². The van der Waals surface area contributed by atoms with Crippen LogP contribution >= 0.6 is 0 Å². The summed E-state index contributed by atoms with van der Waals surface area (Å²) in [4.78, 5) is 9.02. The molecule has 0 amide bonds. The van der Waals surface area contributed by atoms with Crippen LogP contribution in [0.4, 0.5) is 11.8 Å². The van der Waals surface area contributed by atoms with Crippen molar-refractivity contribution >= 4 is 11.8 Å². The number of anilines is 2. The molecule has 0 saturated heterocycles. The van der Waals surface area contributed by atoms with Gasteiger partial charge in [0.15, 0.2) is 0 Å². The smallest absolute Gasteiger partial charge is 0.224 e. The molecule has 4 aliphatic rings. The summed E-state index contributed by atoms with van der Waals surface area (Å²) in [7, 11) is 0. The molecule has 7 nitrogen and oxygen atoms in total. The monoisotopic (exact) mass is 446 g/mol. The van der Waals surface area contributed by atoms with Crippen LogP contribution in [0.1, 0.15) is 48.8 Å². The molecule has 33 heavy (non-hydrogen) atoms. The second kappa shape index (κ2) is 9.28. The van der Waals surface area contributed by atoms with Crippen molar-refractivity contribution < 1.29 is 5.11 Å². The van der Waals surface area contributed by atoms with Crippen molar-refractivity contribution in [3.05, 3.63) is 47.2 Å². The number of hydrogen-bond acceptors (Lipinski definition) is 7. The Kier molecular flexibility index (Phi) is 6.22. The lowest BCUT2D eigenvalue weighted by Gasteiger charge is -2.60. The van der Waals surface area contributed by atoms with Crippen LogP contribution in [-0.4, -0.2) is 40.8 Å². The third kappa shape index (κ3) is 4.55. The molecule has 7 heteroatoms. The fourth-order valence-corrected chi connectivity index (χ4v) is 6.91. The number of aliphatic hydroxyl groups is 1. The summed E-state index contributed by atoms with van der Waals surface area (Å²) in [6.07, 6.45) is 7.93. The average Bonchev–Trinajstić information content (AvgIpc) is 2.81. The number of aromatic nitrogens is 2. The molecule has 0 aliphatic heterocycles.